The molecule has 1 aliphatic carbocycles. The number of hydrogen-bond acceptors (Lipinski definition) is 2. The summed E-state index contributed by atoms with van der Waals surface area (Å²) in [4.78, 5) is 11.0. The molecule has 17 heavy (non-hydrogen) atoms. The highest BCUT2D eigenvalue weighted by atomic mass is 16.4. The zero-order chi connectivity index (χ0) is 12.6. The molecule has 0 bridgehead atoms. The molecule has 0 aromatic heterocycles. The zero-order valence-corrected chi connectivity index (χ0v) is 10.3. The summed E-state index contributed by atoms with van der Waals surface area (Å²) in [6.45, 7) is 4.29. The summed E-state index contributed by atoms with van der Waals surface area (Å²) in [5, 5.41) is 9.04. The first-order valence-electron chi connectivity index (χ1n) is 6.06. The van der Waals surface area contributed by atoms with E-state index in [1.165, 1.54) is 5.56 Å². The Hall–Kier alpha value is -1.35. The molecule has 3 nitrogen and oxygen atoms in total. The van der Waals surface area contributed by atoms with Gasteiger partial charge >= 0.3 is 5.97 Å². The summed E-state index contributed by atoms with van der Waals surface area (Å²) in [5.74, 6) is -0.414. The van der Waals surface area contributed by atoms with E-state index in [1.807, 2.05) is 12.1 Å². The topological polar surface area (TPSA) is 63.3 Å². The van der Waals surface area contributed by atoms with Gasteiger partial charge in [0.25, 0.3) is 0 Å². The second-order valence-electron chi connectivity index (χ2n) is 5.25. The third kappa shape index (κ3) is 2.07. The highest BCUT2D eigenvalue weighted by molar-refractivity contribution is 5.77. The number of benzene rings is 1. The predicted octanol–water partition coefficient (Wildman–Crippen LogP) is 2.25. The Morgan fingerprint density at radius 2 is 1.82 bits per heavy atom. The predicted molar refractivity (Wildman–Crippen MR) is 67.1 cm³/mol. The van der Waals surface area contributed by atoms with Gasteiger partial charge in [-0.3, -0.25) is 4.79 Å². The van der Waals surface area contributed by atoms with Crippen LogP contribution in [0.4, 0.5) is 0 Å². The monoisotopic (exact) mass is 233 g/mol. The van der Waals surface area contributed by atoms with E-state index in [9.17, 15) is 4.79 Å². The van der Waals surface area contributed by atoms with Gasteiger partial charge in [0.05, 0.1) is 0 Å². The van der Waals surface area contributed by atoms with Crippen molar-refractivity contribution >= 4 is 5.97 Å². The van der Waals surface area contributed by atoms with Crippen LogP contribution >= 0.6 is 0 Å². The van der Waals surface area contributed by atoms with E-state index in [2.05, 4.69) is 26.0 Å². The van der Waals surface area contributed by atoms with Gasteiger partial charge in [-0.15, -0.1) is 0 Å². The van der Waals surface area contributed by atoms with Gasteiger partial charge in [-0.25, -0.2) is 0 Å². The lowest BCUT2D eigenvalue weighted by Crippen LogP contribution is -2.41. The van der Waals surface area contributed by atoms with Gasteiger partial charge in [0.15, 0.2) is 0 Å². The maximum atomic E-state index is 11.0. The molecule has 1 saturated carbocycles. The van der Waals surface area contributed by atoms with Crippen molar-refractivity contribution in [3.05, 3.63) is 35.4 Å². The largest absolute Gasteiger partial charge is 0.480 e. The quantitative estimate of drug-likeness (QED) is 0.838. The minimum Gasteiger partial charge on any atom is -0.480 e. The number of rotatable bonds is 4. The fourth-order valence-electron chi connectivity index (χ4n) is 2.35. The molecule has 0 radical (unpaired) electrons. The number of hydrogen-bond donors (Lipinski definition) is 2. The standard InChI is InChI=1S/C14H19NO2/c1-9(2)10-3-5-11(6-4-10)14(7-8-14)12(15)13(16)17/h3-6,9,12H,7-8,15H2,1-2H3,(H,16,17). The van der Waals surface area contributed by atoms with Gasteiger partial charge in [-0.2, -0.15) is 0 Å². The molecule has 3 heteroatoms. The average Bonchev–Trinajstić information content (AvgIpc) is 3.09. The van der Waals surface area contributed by atoms with Crippen molar-refractivity contribution in [1.82, 2.24) is 0 Å². The molecule has 2 rings (SSSR count). The number of nitrogens with two attached hydrogens (primary N) is 1. The lowest BCUT2D eigenvalue weighted by Gasteiger charge is -2.20. The van der Waals surface area contributed by atoms with Crippen LogP contribution in [0.1, 0.15) is 43.7 Å². The highest BCUT2D eigenvalue weighted by Crippen LogP contribution is 2.50. The maximum Gasteiger partial charge on any atom is 0.321 e. The summed E-state index contributed by atoms with van der Waals surface area (Å²) in [7, 11) is 0. The lowest BCUT2D eigenvalue weighted by atomic mass is 9.87. The molecule has 0 spiro atoms. The van der Waals surface area contributed by atoms with Crippen LogP contribution in [-0.2, 0) is 10.2 Å². The van der Waals surface area contributed by atoms with Crippen LogP contribution in [0.3, 0.4) is 0 Å². The van der Waals surface area contributed by atoms with Crippen LogP contribution in [0.25, 0.3) is 0 Å². The second kappa shape index (κ2) is 4.15. The Balaban J connectivity index is 2.26. The Kier molecular flexibility index (Phi) is 2.96. The fraction of sp³-hybridized carbons (Fsp3) is 0.500. The van der Waals surface area contributed by atoms with Crippen LogP contribution in [0, 0.1) is 0 Å². The van der Waals surface area contributed by atoms with Crippen molar-refractivity contribution in [2.24, 2.45) is 5.73 Å². The molecule has 0 heterocycles. The molecule has 3 N–H and O–H groups in total. The smallest absolute Gasteiger partial charge is 0.321 e. The number of carboxylic acid groups (broad SMARTS) is 1. The average molecular weight is 233 g/mol. The molecule has 92 valence electrons. The highest BCUT2D eigenvalue weighted by Gasteiger charge is 2.52. The van der Waals surface area contributed by atoms with Crippen LogP contribution in [0.5, 0.6) is 0 Å². The molecule has 1 atom stereocenters. The Morgan fingerprint density at radius 3 is 2.18 bits per heavy atom. The lowest BCUT2D eigenvalue weighted by molar-refractivity contribution is -0.139. The molecular formula is C14H19NO2. The van der Waals surface area contributed by atoms with Gasteiger partial charge in [-0.1, -0.05) is 38.1 Å². The third-order valence-electron chi connectivity index (χ3n) is 3.80. The van der Waals surface area contributed by atoms with Gasteiger partial charge < -0.3 is 10.8 Å². The first-order chi connectivity index (χ1) is 7.97. The number of carbonyl (C=O) groups is 1. The number of carboxylic acids is 1. The summed E-state index contributed by atoms with van der Waals surface area (Å²) in [5.41, 5.74) is 7.81. The van der Waals surface area contributed by atoms with Crippen molar-refractivity contribution in [3.8, 4) is 0 Å². The molecule has 1 aromatic carbocycles. The van der Waals surface area contributed by atoms with E-state index in [1.54, 1.807) is 0 Å². The molecule has 1 unspecified atom stereocenters. The van der Waals surface area contributed by atoms with Crippen LogP contribution < -0.4 is 5.73 Å². The van der Waals surface area contributed by atoms with E-state index in [0.29, 0.717) is 5.92 Å². The van der Waals surface area contributed by atoms with Crippen molar-refractivity contribution in [2.75, 3.05) is 0 Å². The third-order valence-corrected chi connectivity index (χ3v) is 3.80. The van der Waals surface area contributed by atoms with E-state index in [0.717, 1.165) is 18.4 Å². The van der Waals surface area contributed by atoms with Crippen LogP contribution in [0.2, 0.25) is 0 Å². The molecule has 0 saturated heterocycles. The summed E-state index contributed by atoms with van der Waals surface area (Å²) in [6, 6.07) is 7.44. The summed E-state index contributed by atoms with van der Waals surface area (Å²) < 4.78 is 0. The Labute approximate surface area is 102 Å². The first kappa shape index (κ1) is 12.1. The van der Waals surface area contributed by atoms with E-state index < -0.39 is 12.0 Å². The van der Waals surface area contributed by atoms with Crippen LogP contribution in [-0.4, -0.2) is 17.1 Å². The molecule has 0 aliphatic heterocycles. The minimum atomic E-state index is -0.907. The Morgan fingerprint density at radius 1 is 1.29 bits per heavy atom. The molecule has 1 aromatic rings. The fourth-order valence-corrected chi connectivity index (χ4v) is 2.35. The molecule has 1 aliphatic rings. The summed E-state index contributed by atoms with van der Waals surface area (Å²) >= 11 is 0. The SMILES string of the molecule is CC(C)c1ccc(C2(C(N)C(=O)O)CC2)cc1. The van der Waals surface area contributed by atoms with E-state index in [4.69, 9.17) is 10.8 Å². The van der Waals surface area contributed by atoms with Crippen molar-refractivity contribution in [3.63, 3.8) is 0 Å². The van der Waals surface area contributed by atoms with Gasteiger partial charge in [0.1, 0.15) is 6.04 Å². The van der Waals surface area contributed by atoms with E-state index in [-0.39, 0.29) is 5.41 Å². The normalized spacial score (nSPS) is 19.1. The van der Waals surface area contributed by atoms with Crippen molar-refractivity contribution in [1.29, 1.82) is 0 Å². The summed E-state index contributed by atoms with van der Waals surface area (Å²) in [6.07, 6.45) is 1.75. The zero-order valence-electron chi connectivity index (χ0n) is 10.3. The Bertz CT molecular complexity index is 418. The maximum absolute atomic E-state index is 11.0. The van der Waals surface area contributed by atoms with Crippen molar-refractivity contribution < 1.29 is 9.90 Å². The molecule has 1 fully saturated rings. The van der Waals surface area contributed by atoms with Crippen LogP contribution in [0.15, 0.2) is 24.3 Å². The second-order valence-corrected chi connectivity index (χ2v) is 5.25. The van der Waals surface area contributed by atoms with E-state index >= 15 is 0 Å². The van der Waals surface area contributed by atoms with Gasteiger partial charge in [0.2, 0.25) is 0 Å². The van der Waals surface area contributed by atoms with Gasteiger partial charge in [-0.05, 0) is 29.9 Å². The number of aliphatic carboxylic acids is 1. The minimum absolute atomic E-state index is 0.318. The molecular weight excluding hydrogens is 214 g/mol. The first-order valence-corrected chi connectivity index (χ1v) is 6.06. The molecule has 0 amide bonds. The van der Waals surface area contributed by atoms with Crippen molar-refractivity contribution in [2.45, 2.75) is 44.1 Å². The van der Waals surface area contributed by atoms with Gasteiger partial charge in [0, 0.05) is 5.41 Å².